The van der Waals surface area contributed by atoms with Gasteiger partial charge in [0.2, 0.25) is 0 Å². The van der Waals surface area contributed by atoms with Gasteiger partial charge in [0.05, 0.1) is 11.0 Å². The van der Waals surface area contributed by atoms with E-state index in [1.54, 1.807) is 0 Å². The molecular weight excluding hydrogens is 424 g/mol. The maximum absolute atomic E-state index is 2.42. The largest absolute Gasteiger partial charge is 0.370 e. The highest BCUT2D eigenvalue weighted by Gasteiger charge is 2.15. The van der Waals surface area contributed by atoms with E-state index in [9.17, 15) is 0 Å². The van der Waals surface area contributed by atoms with Crippen LogP contribution in [0, 0.1) is 0 Å². The predicted octanol–water partition coefficient (Wildman–Crippen LogP) is 7.99. The van der Waals surface area contributed by atoms with Crippen molar-refractivity contribution in [2.45, 2.75) is 13.0 Å². The quantitative estimate of drug-likeness (QED) is 0.228. The van der Waals surface area contributed by atoms with E-state index < -0.39 is 0 Å². The van der Waals surface area contributed by atoms with Gasteiger partial charge in [-0.2, -0.15) is 0 Å². The first kappa shape index (κ1) is 20.1. The molecule has 2 nitrogen and oxygen atoms in total. The first-order chi connectivity index (χ1) is 17.2. The SMILES string of the molecule is CN1Cc2ccc3c(c2)c2ccccc2n3-c2cccc(c2)-c2ccccc2Cc2cccc1c2. The zero-order valence-electron chi connectivity index (χ0n) is 19.8. The fourth-order valence-corrected chi connectivity index (χ4v) is 5.65. The molecule has 0 amide bonds. The summed E-state index contributed by atoms with van der Waals surface area (Å²) >= 11 is 0. The third-order valence-corrected chi connectivity index (χ3v) is 7.34. The van der Waals surface area contributed by atoms with Gasteiger partial charge in [-0.25, -0.2) is 0 Å². The molecule has 3 heterocycles. The van der Waals surface area contributed by atoms with Crippen molar-refractivity contribution in [2.75, 3.05) is 11.9 Å². The van der Waals surface area contributed by atoms with E-state index in [0.29, 0.717) is 0 Å². The van der Waals surface area contributed by atoms with Crippen LogP contribution in [0.3, 0.4) is 0 Å². The van der Waals surface area contributed by atoms with Crippen LogP contribution >= 0.6 is 0 Å². The van der Waals surface area contributed by atoms with Crippen LogP contribution in [-0.4, -0.2) is 11.6 Å². The summed E-state index contributed by atoms with van der Waals surface area (Å²) < 4.78 is 2.42. The molecule has 0 saturated carbocycles. The lowest BCUT2D eigenvalue weighted by Crippen LogP contribution is -2.16. The van der Waals surface area contributed by atoms with Crippen molar-refractivity contribution in [1.82, 2.24) is 4.57 Å². The minimum Gasteiger partial charge on any atom is -0.370 e. The Morgan fingerprint density at radius 2 is 1.37 bits per heavy atom. The zero-order chi connectivity index (χ0) is 23.4. The Kier molecular flexibility index (Phi) is 4.53. The summed E-state index contributed by atoms with van der Waals surface area (Å²) in [6.45, 7) is 0.866. The molecule has 35 heavy (non-hydrogen) atoms. The van der Waals surface area contributed by atoms with Crippen LogP contribution < -0.4 is 4.90 Å². The molecule has 6 aromatic rings. The number of nitrogens with zero attached hydrogens (tertiary/aromatic N) is 2. The summed E-state index contributed by atoms with van der Waals surface area (Å²) in [6.07, 6.45) is 0.909. The molecule has 0 atom stereocenters. The standard InChI is InChI=1S/C33H26N2/c1-34-22-24-16-17-33-31(20-24)30-14-4-5-15-32(30)35(33)28-12-7-10-26(21-28)29-13-3-2-9-25(29)18-23-8-6-11-27(34)19-23/h2-17,19-21H,18,22H2,1H3. The lowest BCUT2D eigenvalue weighted by molar-refractivity contribution is 0.922. The fraction of sp³-hybridized carbons (Fsp3) is 0.0909. The number of fused-ring (bicyclic) bond motifs is 3. The maximum Gasteiger partial charge on any atom is 0.0541 e. The number of anilines is 1. The highest BCUT2D eigenvalue weighted by Crippen LogP contribution is 2.35. The van der Waals surface area contributed by atoms with Crippen LogP contribution in [0.4, 0.5) is 5.69 Å². The number of hydrogen-bond donors (Lipinski definition) is 0. The van der Waals surface area contributed by atoms with E-state index in [2.05, 4.69) is 132 Å². The average molecular weight is 451 g/mol. The predicted molar refractivity (Wildman–Crippen MR) is 148 cm³/mol. The molecule has 0 spiro atoms. The Balaban J connectivity index is 1.56. The van der Waals surface area contributed by atoms with E-state index in [1.165, 1.54) is 61.0 Å². The second-order valence-electron chi connectivity index (χ2n) is 9.61. The van der Waals surface area contributed by atoms with E-state index in [0.717, 1.165) is 13.0 Å². The van der Waals surface area contributed by atoms with Gasteiger partial charge >= 0.3 is 0 Å². The molecule has 0 aliphatic carbocycles. The molecule has 0 unspecified atom stereocenters. The number of aromatic nitrogens is 1. The Morgan fingerprint density at radius 3 is 2.34 bits per heavy atom. The smallest absolute Gasteiger partial charge is 0.0541 e. The Labute approximate surface area is 205 Å². The molecule has 1 aromatic heterocycles. The second kappa shape index (κ2) is 7.89. The van der Waals surface area contributed by atoms with Crippen LogP contribution in [0.1, 0.15) is 16.7 Å². The molecule has 8 bridgehead atoms. The summed E-state index contributed by atoms with van der Waals surface area (Å²) in [4.78, 5) is 2.35. The summed E-state index contributed by atoms with van der Waals surface area (Å²) in [5.41, 5.74) is 11.5. The van der Waals surface area contributed by atoms with Crippen molar-refractivity contribution < 1.29 is 0 Å². The number of rotatable bonds is 0. The Hall–Kier alpha value is -4.30. The van der Waals surface area contributed by atoms with Crippen molar-refractivity contribution in [1.29, 1.82) is 0 Å². The molecule has 0 saturated heterocycles. The Bertz CT molecular complexity index is 1720. The van der Waals surface area contributed by atoms with Crippen LogP contribution in [0.2, 0.25) is 0 Å². The van der Waals surface area contributed by atoms with Crippen LogP contribution in [-0.2, 0) is 13.0 Å². The van der Waals surface area contributed by atoms with Gasteiger partial charge in [0.1, 0.15) is 0 Å². The van der Waals surface area contributed by atoms with Gasteiger partial charge in [-0.1, -0.05) is 72.8 Å². The average Bonchev–Trinajstić information content (AvgIpc) is 3.23. The molecule has 2 heteroatoms. The van der Waals surface area contributed by atoms with E-state index in [4.69, 9.17) is 0 Å². The molecular formula is C33H26N2. The Morgan fingerprint density at radius 1 is 0.571 bits per heavy atom. The van der Waals surface area contributed by atoms with Crippen LogP contribution in [0.5, 0.6) is 0 Å². The van der Waals surface area contributed by atoms with Crippen molar-refractivity contribution >= 4 is 27.5 Å². The zero-order valence-corrected chi connectivity index (χ0v) is 19.8. The van der Waals surface area contributed by atoms with Gasteiger partial charge in [-0.3, -0.25) is 0 Å². The van der Waals surface area contributed by atoms with Gasteiger partial charge in [0.25, 0.3) is 0 Å². The molecule has 0 radical (unpaired) electrons. The third-order valence-electron chi connectivity index (χ3n) is 7.34. The molecule has 5 aromatic carbocycles. The van der Waals surface area contributed by atoms with Gasteiger partial charge in [0.15, 0.2) is 0 Å². The minimum absolute atomic E-state index is 0.866. The maximum atomic E-state index is 2.42. The monoisotopic (exact) mass is 450 g/mol. The molecule has 0 N–H and O–H groups in total. The van der Waals surface area contributed by atoms with Gasteiger partial charge in [-0.15, -0.1) is 0 Å². The minimum atomic E-state index is 0.866. The van der Waals surface area contributed by atoms with Crippen molar-refractivity contribution in [3.8, 4) is 16.8 Å². The van der Waals surface area contributed by atoms with Crippen LogP contribution in [0.15, 0.2) is 115 Å². The van der Waals surface area contributed by atoms with Crippen molar-refractivity contribution in [3.63, 3.8) is 0 Å². The summed E-state index contributed by atoms with van der Waals surface area (Å²) in [5, 5.41) is 2.60. The normalized spacial score (nSPS) is 13.0. The van der Waals surface area contributed by atoms with E-state index in [-0.39, 0.29) is 0 Å². The highest BCUT2D eigenvalue weighted by molar-refractivity contribution is 6.09. The van der Waals surface area contributed by atoms with Crippen LogP contribution in [0.25, 0.3) is 38.6 Å². The summed E-state index contributed by atoms with van der Waals surface area (Å²) in [7, 11) is 2.19. The summed E-state index contributed by atoms with van der Waals surface area (Å²) in [6, 6.07) is 42.5. The lowest BCUT2D eigenvalue weighted by atomic mass is 9.94. The molecule has 0 fully saturated rings. The van der Waals surface area contributed by atoms with Crippen molar-refractivity contribution in [2.24, 2.45) is 0 Å². The lowest BCUT2D eigenvalue weighted by Gasteiger charge is -2.21. The molecule has 168 valence electrons. The second-order valence-corrected chi connectivity index (χ2v) is 9.61. The number of hydrogen-bond acceptors (Lipinski definition) is 1. The van der Waals surface area contributed by atoms with E-state index in [1.807, 2.05) is 0 Å². The van der Waals surface area contributed by atoms with E-state index >= 15 is 0 Å². The van der Waals surface area contributed by atoms with Crippen molar-refractivity contribution in [3.05, 3.63) is 132 Å². The number of benzene rings is 5. The molecule has 8 rings (SSSR count). The topological polar surface area (TPSA) is 8.17 Å². The first-order valence-electron chi connectivity index (χ1n) is 12.3. The highest BCUT2D eigenvalue weighted by atomic mass is 15.1. The van der Waals surface area contributed by atoms with Gasteiger partial charge < -0.3 is 9.47 Å². The van der Waals surface area contributed by atoms with Gasteiger partial charge in [-0.05, 0) is 76.7 Å². The third kappa shape index (κ3) is 3.33. The first-order valence-corrected chi connectivity index (χ1v) is 12.3. The fourth-order valence-electron chi connectivity index (χ4n) is 5.65. The van der Waals surface area contributed by atoms with Gasteiger partial charge in [0, 0.05) is 35.7 Å². The molecule has 2 aliphatic heterocycles. The molecule has 2 aliphatic rings. The summed E-state index contributed by atoms with van der Waals surface area (Å²) in [5.74, 6) is 0. The number of para-hydroxylation sites is 1.